The molecule has 1 aromatic rings. The lowest BCUT2D eigenvalue weighted by Crippen LogP contribution is -2.51. The molecule has 1 saturated carbocycles. The molecule has 0 saturated heterocycles. The number of halogens is 1. The zero-order valence-electron chi connectivity index (χ0n) is 13.1. The molecule has 0 aromatic heterocycles. The molecule has 1 aliphatic rings. The number of likely N-dealkylation sites (N-methyl/N-ethyl adjacent to an activating group) is 1. The van der Waals surface area contributed by atoms with Gasteiger partial charge >= 0.3 is 5.97 Å². The Morgan fingerprint density at radius 1 is 1.52 bits per heavy atom. The van der Waals surface area contributed by atoms with E-state index in [1.165, 1.54) is 6.07 Å². The van der Waals surface area contributed by atoms with Crippen LogP contribution in [0.4, 0.5) is 15.8 Å². The number of aliphatic carboxylic acids is 1. The largest absolute Gasteiger partial charge is 0.480 e. The van der Waals surface area contributed by atoms with Gasteiger partial charge in [-0.05, 0) is 32.4 Å². The van der Waals surface area contributed by atoms with Gasteiger partial charge in [-0.1, -0.05) is 6.92 Å². The van der Waals surface area contributed by atoms with E-state index in [1.54, 1.807) is 6.92 Å². The Hall–Kier alpha value is -2.22. The highest BCUT2D eigenvalue weighted by Crippen LogP contribution is 2.31. The van der Waals surface area contributed by atoms with Gasteiger partial charge in [-0.25, -0.2) is 4.39 Å². The van der Waals surface area contributed by atoms with Crippen molar-refractivity contribution in [1.82, 2.24) is 4.90 Å². The minimum absolute atomic E-state index is 0.00110. The lowest BCUT2D eigenvalue weighted by molar-refractivity contribution is -0.385. The second-order valence-corrected chi connectivity index (χ2v) is 5.80. The summed E-state index contributed by atoms with van der Waals surface area (Å²) in [5, 5.41) is 22.7. The molecule has 0 spiro atoms. The quantitative estimate of drug-likeness (QED) is 0.590. The van der Waals surface area contributed by atoms with Crippen LogP contribution in [0.15, 0.2) is 12.1 Å². The Labute approximate surface area is 133 Å². The fourth-order valence-electron chi connectivity index (χ4n) is 2.87. The summed E-state index contributed by atoms with van der Waals surface area (Å²) < 4.78 is 14.0. The van der Waals surface area contributed by atoms with E-state index < -0.39 is 16.7 Å². The smallest absolute Gasteiger partial charge is 0.317 e. The second kappa shape index (κ2) is 6.91. The summed E-state index contributed by atoms with van der Waals surface area (Å²) in [4.78, 5) is 22.8. The predicted molar refractivity (Wildman–Crippen MR) is 83.1 cm³/mol. The van der Waals surface area contributed by atoms with Gasteiger partial charge in [0.2, 0.25) is 0 Å². The fourth-order valence-corrected chi connectivity index (χ4v) is 2.87. The van der Waals surface area contributed by atoms with Gasteiger partial charge in [-0.15, -0.1) is 0 Å². The molecule has 1 aliphatic carbocycles. The van der Waals surface area contributed by atoms with Crippen molar-refractivity contribution in [3.05, 3.63) is 33.6 Å². The zero-order valence-corrected chi connectivity index (χ0v) is 13.1. The van der Waals surface area contributed by atoms with Crippen molar-refractivity contribution in [3.8, 4) is 0 Å². The Kier molecular flexibility index (Phi) is 5.15. The topological polar surface area (TPSA) is 95.7 Å². The van der Waals surface area contributed by atoms with Gasteiger partial charge in [0, 0.05) is 17.6 Å². The van der Waals surface area contributed by atoms with Crippen LogP contribution in [0.25, 0.3) is 0 Å². The summed E-state index contributed by atoms with van der Waals surface area (Å²) in [6.45, 7) is 4.12. The molecule has 0 bridgehead atoms. The Morgan fingerprint density at radius 2 is 2.17 bits per heavy atom. The molecule has 1 fully saturated rings. The maximum absolute atomic E-state index is 14.0. The van der Waals surface area contributed by atoms with Crippen LogP contribution in [0.3, 0.4) is 0 Å². The summed E-state index contributed by atoms with van der Waals surface area (Å²) in [5.41, 5.74) is 0.409. The molecule has 0 heterocycles. The molecule has 2 rings (SSSR count). The predicted octanol–water partition coefficient (Wildman–Crippen LogP) is 2.39. The van der Waals surface area contributed by atoms with E-state index in [0.717, 1.165) is 18.9 Å². The molecule has 126 valence electrons. The Morgan fingerprint density at radius 3 is 2.70 bits per heavy atom. The average Bonchev–Trinajstić information content (AvgIpc) is 2.42. The number of rotatable bonds is 7. The normalized spacial score (nSPS) is 20.2. The molecule has 8 heteroatoms. The van der Waals surface area contributed by atoms with Crippen molar-refractivity contribution in [2.75, 3.05) is 18.4 Å². The number of carboxylic acid groups (broad SMARTS) is 1. The first-order valence-corrected chi connectivity index (χ1v) is 7.48. The number of hydrogen-bond acceptors (Lipinski definition) is 5. The van der Waals surface area contributed by atoms with Gasteiger partial charge in [0.1, 0.15) is 0 Å². The minimum atomic E-state index is -0.861. The molecule has 2 N–H and O–H groups in total. The van der Waals surface area contributed by atoms with Crippen LogP contribution in [0.1, 0.15) is 25.3 Å². The van der Waals surface area contributed by atoms with Gasteiger partial charge in [0.05, 0.1) is 23.2 Å². The van der Waals surface area contributed by atoms with Crippen LogP contribution in [0.5, 0.6) is 0 Å². The number of nitro benzene ring substituents is 1. The maximum atomic E-state index is 14.0. The van der Waals surface area contributed by atoms with Crippen LogP contribution < -0.4 is 5.32 Å². The maximum Gasteiger partial charge on any atom is 0.317 e. The molecule has 0 atom stereocenters. The molecule has 0 aliphatic heterocycles. The highest BCUT2D eigenvalue weighted by molar-refractivity contribution is 5.69. The van der Waals surface area contributed by atoms with Crippen LogP contribution in [0.2, 0.25) is 0 Å². The highest BCUT2D eigenvalue weighted by atomic mass is 19.1. The number of benzene rings is 1. The number of hydrogen-bond donors (Lipinski definition) is 2. The molecule has 0 amide bonds. The standard InChI is InChI=1S/C15H20FN3O4/c1-3-18(8-15(20)21)11-5-10(6-11)17-13-4-9(2)14(19(22)23)7-12(13)16/h4,7,10-11,17H,3,5-6,8H2,1-2H3,(H,20,21). The summed E-state index contributed by atoms with van der Waals surface area (Å²) in [6.07, 6.45) is 1.44. The van der Waals surface area contributed by atoms with E-state index in [-0.39, 0.29) is 30.0 Å². The lowest BCUT2D eigenvalue weighted by Gasteiger charge is -2.42. The van der Waals surface area contributed by atoms with Crippen LogP contribution >= 0.6 is 0 Å². The van der Waals surface area contributed by atoms with Crippen LogP contribution in [-0.2, 0) is 4.79 Å². The Bertz CT molecular complexity index is 617. The van der Waals surface area contributed by atoms with Gasteiger partial charge < -0.3 is 10.4 Å². The van der Waals surface area contributed by atoms with Crippen LogP contribution in [-0.4, -0.2) is 46.1 Å². The first-order valence-electron chi connectivity index (χ1n) is 7.48. The number of nitrogens with zero attached hydrogens (tertiary/aromatic N) is 2. The van der Waals surface area contributed by atoms with Gasteiger partial charge in [-0.3, -0.25) is 19.8 Å². The summed E-state index contributed by atoms with van der Waals surface area (Å²) >= 11 is 0. The van der Waals surface area contributed by atoms with Crippen molar-refractivity contribution in [2.24, 2.45) is 0 Å². The monoisotopic (exact) mass is 325 g/mol. The van der Waals surface area contributed by atoms with Gasteiger partial charge in [-0.2, -0.15) is 0 Å². The van der Waals surface area contributed by atoms with Crippen molar-refractivity contribution in [1.29, 1.82) is 0 Å². The van der Waals surface area contributed by atoms with Crippen molar-refractivity contribution in [2.45, 2.75) is 38.8 Å². The second-order valence-electron chi connectivity index (χ2n) is 5.80. The molecular weight excluding hydrogens is 305 g/mol. The van der Waals surface area contributed by atoms with Gasteiger partial charge in [0.25, 0.3) is 5.69 Å². The van der Waals surface area contributed by atoms with Crippen molar-refractivity contribution < 1.29 is 19.2 Å². The van der Waals surface area contributed by atoms with E-state index in [0.29, 0.717) is 12.1 Å². The molecular formula is C15H20FN3O4. The van der Waals surface area contributed by atoms with E-state index >= 15 is 0 Å². The minimum Gasteiger partial charge on any atom is -0.480 e. The first kappa shape index (κ1) is 17.1. The highest BCUT2D eigenvalue weighted by Gasteiger charge is 2.34. The average molecular weight is 325 g/mol. The summed E-state index contributed by atoms with van der Waals surface area (Å²) in [5.74, 6) is -1.51. The molecule has 7 nitrogen and oxygen atoms in total. The zero-order chi connectivity index (χ0) is 17.1. The third kappa shape index (κ3) is 3.95. The van der Waals surface area contributed by atoms with Crippen LogP contribution in [0, 0.1) is 22.9 Å². The third-order valence-electron chi connectivity index (χ3n) is 4.22. The molecule has 0 radical (unpaired) electrons. The fraction of sp³-hybridized carbons (Fsp3) is 0.533. The lowest BCUT2D eigenvalue weighted by atomic mass is 9.85. The summed E-state index contributed by atoms with van der Waals surface area (Å²) in [6, 6.07) is 2.57. The summed E-state index contributed by atoms with van der Waals surface area (Å²) in [7, 11) is 0. The molecule has 23 heavy (non-hydrogen) atoms. The SMILES string of the molecule is CCN(CC(=O)O)C1CC(Nc2cc(C)c([N+](=O)[O-])cc2F)C1. The molecule has 1 aromatic carbocycles. The number of aryl methyl sites for hydroxylation is 1. The number of carbonyl (C=O) groups is 1. The van der Waals surface area contributed by atoms with Gasteiger partial charge in [0.15, 0.2) is 5.82 Å². The van der Waals surface area contributed by atoms with E-state index in [9.17, 15) is 19.3 Å². The molecule has 0 unspecified atom stereocenters. The van der Waals surface area contributed by atoms with E-state index in [2.05, 4.69) is 5.32 Å². The van der Waals surface area contributed by atoms with E-state index in [1.807, 2.05) is 11.8 Å². The number of nitrogens with one attached hydrogen (secondary N) is 1. The van der Waals surface area contributed by atoms with E-state index in [4.69, 9.17) is 5.11 Å². The van der Waals surface area contributed by atoms with Crippen molar-refractivity contribution in [3.63, 3.8) is 0 Å². The Balaban J connectivity index is 1.96. The first-order chi connectivity index (χ1) is 10.8. The number of nitro groups is 1. The number of anilines is 1. The van der Waals surface area contributed by atoms with Crippen molar-refractivity contribution >= 4 is 17.3 Å². The number of carboxylic acids is 1. The third-order valence-corrected chi connectivity index (χ3v) is 4.22.